The number of halogens is 2. The minimum Gasteiger partial charge on any atom is -0.367 e. The number of nitrogens with zero attached hydrogens (tertiary/aromatic N) is 2. The maximum Gasteiger partial charge on any atom is 0.224 e. The molecular weight excluding hydrogens is 353 g/mol. The zero-order valence-electron chi connectivity index (χ0n) is 14.6. The van der Waals surface area contributed by atoms with Gasteiger partial charge in [0.1, 0.15) is 5.82 Å². The predicted molar refractivity (Wildman–Crippen MR) is 103 cm³/mol. The molecule has 1 aliphatic heterocycles. The summed E-state index contributed by atoms with van der Waals surface area (Å²) in [6.07, 6.45) is 0.359. The fraction of sp³-hybridized carbons (Fsp3) is 0.350. The van der Waals surface area contributed by atoms with E-state index < -0.39 is 0 Å². The third-order valence-electron chi connectivity index (χ3n) is 4.59. The number of hydrogen-bond donors (Lipinski definition) is 1. The lowest BCUT2D eigenvalue weighted by molar-refractivity contribution is -0.120. The van der Waals surface area contributed by atoms with Crippen LogP contribution in [-0.4, -0.2) is 50.1 Å². The molecule has 1 saturated heterocycles. The van der Waals surface area contributed by atoms with E-state index in [2.05, 4.69) is 15.1 Å². The Morgan fingerprint density at radius 3 is 2.42 bits per heavy atom. The molecule has 0 atom stereocenters. The zero-order chi connectivity index (χ0) is 18.4. The van der Waals surface area contributed by atoms with Crippen molar-refractivity contribution in [1.82, 2.24) is 10.2 Å². The van der Waals surface area contributed by atoms with E-state index in [9.17, 15) is 9.18 Å². The van der Waals surface area contributed by atoms with Crippen LogP contribution in [0.3, 0.4) is 0 Å². The SMILES string of the molecule is O=C(Cc1ccc(Cl)cc1)NCCN1CCN(c2ccccc2F)CC1. The van der Waals surface area contributed by atoms with Crippen molar-refractivity contribution in [3.8, 4) is 0 Å². The number of carbonyl (C=O) groups excluding carboxylic acids is 1. The van der Waals surface area contributed by atoms with Gasteiger partial charge in [-0.15, -0.1) is 0 Å². The van der Waals surface area contributed by atoms with E-state index in [1.54, 1.807) is 18.2 Å². The molecule has 0 spiro atoms. The molecule has 1 fully saturated rings. The van der Waals surface area contributed by atoms with Crippen LogP contribution in [0.1, 0.15) is 5.56 Å². The molecule has 0 radical (unpaired) electrons. The van der Waals surface area contributed by atoms with Gasteiger partial charge in [0.15, 0.2) is 0 Å². The maximum atomic E-state index is 13.9. The largest absolute Gasteiger partial charge is 0.367 e. The van der Waals surface area contributed by atoms with Gasteiger partial charge in [-0.2, -0.15) is 0 Å². The highest BCUT2D eigenvalue weighted by molar-refractivity contribution is 6.30. The molecule has 2 aromatic carbocycles. The van der Waals surface area contributed by atoms with Crippen molar-refractivity contribution in [3.63, 3.8) is 0 Å². The quantitative estimate of drug-likeness (QED) is 0.843. The smallest absolute Gasteiger partial charge is 0.224 e. The molecule has 1 heterocycles. The molecular formula is C20H23ClFN3O. The molecule has 0 saturated carbocycles. The van der Waals surface area contributed by atoms with Gasteiger partial charge >= 0.3 is 0 Å². The summed E-state index contributed by atoms with van der Waals surface area (Å²) < 4.78 is 13.9. The summed E-state index contributed by atoms with van der Waals surface area (Å²) in [6, 6.07) is 14.2. The third kappa shape index (κ3) is 5.19. The van der Waals surface area contributed by atoms with Crippen LogP contribution in [0, 0.1) is 5.82 Å². The van der Waals surface area contributed by atoms with E-state index in [0.717, 1.165) is 38.3 Å². The molecule has 0 unspecified atom stereocenters. The lowest BCUT2D eigenvalue weighted by Gasteiger charge is -2.36. The fourth-order valence-corrected chi connectivity index (χ4v) is 3.25. The summed E-state index contributed by atoms with van der Waals surface area (Å²) in [5.41, 5.74) is 1.62. The van der Waals surface area contributed by atoms with Crippen LogP contribution < -0.4 is 10.2 Å². The Labute approximate surface area is 158 Å². The second-order valence-electron chi connectivity index (χ2n) is 6.43. The van der Waals surface area contributed by atoms with Crippen molar-refractivity contribution in [3.05, 3.63) is 64.9 Å². The molecule has 138 valence electrons. The molecule has 26 heavy (non-hydrogen) atoms. The molecule has 3 rings (SSSR count). The number of amides is 1. The average Bonchev–Trinajstić information content (AvgIpc) is 2.65. The summed E-state index contributed by atoms with van der Waals surface area (Å²) in [6.45, 7) is 4.73. The van der Waals surface area contributed by atoms with Crippen LogP contribution in [0.25, 0.3) is 0 Å². The van der Waals surface area contributed by atoms with Gasteiger partial charge in [0.05, 0.1) is 12.1 Å². The predicted octanol–water partition coefficient (Wildman–Crippen LogP) is 2.96. The van der Waals surface area contributed by atoms with Gasteiger partial charge < -0.3 is 10.2 Å². The van der Waals surface area contributed by atoms with Crippen LogP contribution in [0.4, 0.5) is 10.1 Å². The second-order valence-corrected chi connectivity index (χ2v) is 6.87. The Morgan fingerprint density at radius 2 is 1.73 bits per heavy atom. The van der Waals surface area contributed by atoms with E-state index in [1.807, 2.05) is 24.3 Å². The van der Waals surface area contributed by atoms with E-state index in [-0.39, 0.29) is 11.7 Å². The summed E-state index contributed by atoms with van der Waals surface area (Å²) in [5.74, 6) is -0.160. The third-order valence-corrected chi connectivity index (χ3v) is 4.85. The number of hydrogen-bond acceptors (Lipinski definition) is 3. The van der Waals surface area contributed by atoms with Crippen LogP contribution >= 0.6 is 11.6 Å². The van der Waals surface area contributed by atoms with Crippen molar-refractivity contribution >= 4 is 23.2 Å². The van der Waals surface area contributed by atoms with E-state index >= 15 is 0 Å². The summed E-state index contributed by atoms with van der Waals surface area (Å²) in [7, 11) is 0. The highest BCUT2D eigenvalue weighted by atomic mass is 35.5. The van der Waals surface area contributed by atoms with Crippen molar-refractivity contribution in [1.29, 1.82) is 0 Å². The molecule has 0 aromatic heterocycles. The first-order valence-corrected chi connectivity index (χ1v) is 9.22. The van der Waals surface area contributed by atoms with E-state index in [4.69, 9.17) is 11.6 Å². The topological polar surface area (TPSA) is 35.6 Å². The Kier molecular flexibility index (Phi) is 6.47. The average molecular weight is 376 g/mol. The van der Waals surface area contributed by atoms with Gasteiger partial charge in [-0.3, -0.25) is 9.69 Å². The summed E-state index contributed by atoms with van der Waals surface area (Å²) >= 11 is 5.85. The summed E-state index contributed by atoms with van der Waals surface area (Å²) in [5, 5.41) is 3.63. The molecule has 6 heteroatoms. The molecule has 0 aliphatic carbocycles. The van der Waals surface area contributed by atoms with Gasteiger partial charge in [-0.05, 0) is 29.8 Å². The highest BCUT2D eigenvalue weighted by Crippen LogP contribution is 2.19. The number of rotatable bonds is 6. The minimum absolute atomic E-state index is 0.0114. The Bertz CT molecular complexity index is 730. The number of carbonyl (C=O) groups is 1. The lowest BCUT2D eigenvalue weighted by Crippen LogP contribution is -2.48. The molecule has 2 aromatic rings. The van der Waals surface area contributed by atoms with Gasteiger partial charge in [0.25, 0.3) is 0 Å². The van der Waals surface area contributed by atoms with Crippen molar-refractivity contribution < 1.29 is 9.18 Å². The van der Waals surface area contributed by atoms with E-state index in [1.165, 1.54) is 6.07 Å². The maximum absolute atomic E-state index is 13.9. The highest BCUT2D eigenvalue weighted by Gasteiger charge is 2.18. The minimum atomic E-state index is -0.171. The van der Waals surface area contributed by atoms with Crippen molar-refractivity contribution in [2.75, 3.05) is 44.2 Å². The number of piperazine rings is 1. The first-order valence-electron chi connectivity index (χ1n) is 8.85. The summed E-state index contributed by atoms with van der Waals surface area (Å²) in [4.78, 5) is 16.4. The Balaban J connectivity index is 1.37. The van der Waals surface area contributed by atoms with Gasteiger partial charge in [0.2, 0.25) is 5.91 Å². The lowest BCUT2D eigenvalue weighted by atomic mass is 10.1. The van der Waals surface area contributed by atoms with Gasteiger partial charge in [0, 0.05) is 44.3 Å². The standard InChI is InChI=1S/C20H23ClFN3O/c21-17-7-5-16(6-8-17)15-20(26)23-9-10-24-11-13-25(14-12-24)19-4-2-1-3-18(19)22/h1-8H,9-15H2,(H,23,26). The number of para-hydroxylation sites is 1. The molecule has 4 nitrogen and oxygen atoms in total. The number of nitrogens with one attached hydrogen (secondary N) is 1. The molecule has 1 aliphatic rings. The van der Waals surface area contributed by atoms with Crippen LogP contribution in [0.2, 0.25) is 5.02 Å². The van der Waals surface area contributed by atoms with Crippen LogP contribution in [0.5, 0.6) is 0 Å². The van der Waals surface area contributed by atoms with Crippen molar-refractivity contribution in [2.24, 2.45) is 0 Å². The normalized spacial score (nSPS) is 15.1. The van der Waals surface area contributed by atoms with Crippen LogP contribution in [-0.2, 0) is 11.2 Å². The van der Waals surface area contributed by atoms with Crippen LogP contribution in [0.15, 0.2) is 48.5 Å². The second kappa shape index (κ2) is 9.01. The zero-order valence-corrected chi connectivity index (χ0v) is 15.4. The van der Waals surface area contributed by atoms with Crippen molar-refractivity contribution in [2.45, 2.75) is 6.42 Å². The monoisotopic (exact) mass is 375 g/mol. The first kappa shape index (κ1) is 18.7. The Hall–Kier alpha value is -2.11. The van der Waals surface area contributed by atoms with Gasteiger partial charge in [-0.1, -0.05) is 35.9 Å². The molecule has 1 amide bonds. The number of benzene rings is 2. The molecule has 1 N–H and O–H groups in total. The first-order chi connectivity index (χ1) is 12.6. The number of anilines is 1. The van der Waals surface area contributed by atoms with E-state index in [0.29, 0.717) is 23.7 Å². The molecule has 0 bridgehead atoms. The van der Waals surface area contributed by atoms with Gasteiger partial charge in [-0.25, -0.2) is 4.39 Å². The fourth-order valence-electron chi connectivity index (χ4n) is 3.12. The Morgan fingerprint density at radius 1 is 1.04 bits per heavy atom.